The molecule has 0 aliphatic heterocycles. The predicted molar refractivity (Wildman–Crippen MR) is 118 cm³/mol. The van der Waals surface area contributed by atoms with Gasteiger partial charge in [-0.1, -0.05) is 50.9 Å². The Morgan fingerprint density at radius 2 is 2.07 bits per heavy atom. The summed E-state index contributed by atoms with van der Waals surface area (Å²) < 4.78 is 2.27. The standard InChI is InChI=1S/C22H28ClN3OS/c1-4-5-12-26-19-9-7-6-8-18(19)24-20(26)15-25(13-10-16(2)3)22(27)21-17(23)11-14-28-21/h6-9,11,14,16H,4-5,10,12-13,15H2,1-3H3. The Morgan fingerprint density at radius 3 is 2.75 bits per heavy atom. The van der Waals surface area contributed by atoms with Crippen molar-refractivity contribution in [1.82, 2.24) is 14.5 Å². The summed E-state index contributed by atoms with van der Waals surface area (Å²) in [6, 6.07) is 9.99. The highest BCUT2D eigenvalue weighted by Crippen LogP contribution is 2.26. The van der Waals surface area contributed by atoms with Gasteiger partial charge in [-0.05, 0) is 42.3 Å². The lowest BCUT2D eigenvalue weighted by molar-refractivity contribution is 0.0734. The maximum Gasteiger partial charge on any atom is 0.265 e. The highest BCUT2D eigenvalue weighted by Gasteiger charge is 2.22. The summed E-state index contributed by atoms with van der Waals surface area (Å²) in [5.41, 5.74) is 2.12. The van der Waals surface area contributed by atoms with Crippen LogP contribution in [-0.4, -0.2) is 26.9 Å². The molecule has 6 heteroatoms. The minimum atomic E-state index is -0.00486. The minimum Gasteiger partial charge on any atom is -0.330 e. The Morgan fingerprint density at radius 1 is 1.29 bits per heavy atom. The number of unbranched alkanes of at least 4 members (excludes halogenated alkanes) is 1. The molecular weight excluding hydrogens is 390 g/mol. The van der Waals surface area contributed by atoms with Crippen LogP contribution in [0.5, 0.6) is 0 Å². The molecule has 150 valence electrons. The Labute approximate surface area is 176 Å². The van der Waals surface area contributed by atoms with E-state index < -0.39 is 0 Å². The number of imidazole rings is 1. The van der Waals surface area contributed by atoms with Crippen LogP contribution >= 0.6 is 22.9 Å². The van der Waals surface area contributed by atoms with Crippen molar-refractivity contribution >= 4 is 39.9 Å². The molecule has 2 aromatic heterocycles. The Kier molecular flexibility index (Phi) is 7.13. The molecule has 0 bridgehead atoms. The SMILES string of the molecule is CCCCn1c(CN(CCC(C)C)C(=O)c2sccc2Cl)nc2ccccc21. The topological polar surface area (TPSA) is 38.1 Å². The number of aromatic nitrogens is 2. The number of hydrogen-bond donors (Lipinski definition) is 0. The molecule has 2 heterocycles. The second-order valence-electron chi connectivity index (χ2n) is 7.53. The summed E-state index contributed by atoms with van der Waals surface area (Å²) in [6.45, 7) is 8.66. The molecule has 0 saturated carbocycles. The highest BCUT2D eigenvalue weighted by atomic mass is 35.5. The van der Waals surface area contributed by atoms with Crippen LogP contribution in [0.2, 0.25) is 5.02 Å². The number of aryl methyl sites for hydroxylation is 1. The Bertz CT molecular complexity index is 931. The number of carbonyl (C=O) groups excluding carboxylic acids is 1. The molecule has 3 aromatic rings. The molecule has 0 aliphatic carbocycles. The van der Waals surface area contributed by atoms with Crippen LogP contribution in [0.1, 0.15) is 55.5 Å². The van der Waals surface area contributed by atoms with Crippen LogP contribution in [-0.2, 0) is 13.1 Å². The van der Waals surface area contributed by atoms with Gasteiger partial charge in [0.05, 0.1) is 22.6 Å². The molecule has 0 aliphatic rings. The lowest BCUT2D eigenvalue weighted by Crippen LogP contribution is -2.33. The van der Waals surface area contributed by atoms with Crippen molar-refractivity contribution in [3.8, 4) is 0 Å². The van der Waals surface area contributed by atoms with Crippen LogP contribution < -0.4 is 0 Å². The van der Waals surface area contributed by atoms with Crippen molar-refractivity contribution in [2.45, 2.75) is 53.1 Å². The molecule has 4 nitrogen and oxygen atoms in total. The fourth-order valence-corrected chi connectivity index (χ4v) is 4.34. The summed E-state index contributed by atoms with van der Waals surface area (Å²) >= 11 is 7.65. The number of nitrogens with zero attached hydrogens (tertiary/aromatic N) is 3. The third kappa shape index (κ3) is 4.76. The average molecular weight is 418 g/mol. The van der Waals surface area contributed by atoms with Gasteiger partial charge in [-0.2, -0.15) is 0 Å². The van der Waals surface area contributed by atoms with E-state index in [1.807, 2.05) is 28.5 Å². The molecule has 1 amide bonds. The van der Waals surface area contributed by atoms with Crippen molar-refractivity contribution in [2.24, 2.45) is 5.92 Å². The third-order valence-electron chi connectivity index (χ3n) is 4.88. The number of amides is 1. The summed E-state index contributed by atoms with van der Waals surface area (Å²) in [4.78, 5) is 20.6. The van der Waals surface area contributed by atoms with E-state index in [-0.39, 0.29) is 5.91 Å². The van der Waals surface area contributed by atoms with Gasteiger partial charge in [-0.15, -0.1) is 11.3 Å². The first-order chi connectivity index (χ1) is 13.5. The fourth-order valence-electron chi connectivity index (χ4n) is 3.24. The van der Waals surface area contributed by atoms with E-state index in [0.29, 0.717) is 28.9 Å². The Balaban J connectivity index is 1.93. The van der Waals surface area contributed by atoms with Gasteiger partial charge in [0.15, 0.2) is 0 Å². The van der Waals surface area contributed by atoms with E-state index >= 15 is 0 Å². The number of hydrogen-bond acceptors (Lipinski definition) is 3. The zero-order valence-electron chi connectivity index (χ0n) is 16.8. The number of benzene rings is 1. The number of halogens is 1. The van der Waals surface area contributed by atoms with Crippen LogP contribution in [0, 0.1) is 5.92 Å². The molecule has 0 N–H and O–H groups in total. The molecular formula is C22H28ClN3OS. The molecule has 0 radical (unpaired) electrons. The fraction of sp³-hybridized carbons (Fsp3) is 0.455. The van der Waals surface area contributed by atoms with E-state index in [1.165, 1.54) is 11.3 Å². The minimum absolute atomic E-state index is 0.00486. The number of fused-ring (bicyclic) bond motifs is 1. The second kappa shape index (κ2) is 9.57. The smallest absolute Gasteiger partial charge is 0.265 e. The monoisotopic (exact) mass is 417 g/mol. The second-order valence-corrected chi connectivity index (χ2v) is 8.85. The zero-order valence-corrected chi connectivity index (χ0v) is 18.4. The number of carbonyl (C=O) groups is 1. The maximum absolute atomic E-state index is 13.2. The largest absolute Gasteiger partial charge is 0.330 e. The van der Waals surface area contributed by atoms with Crippen molar-refractivity contribution in [1.29, 1.82) is 0 Å². The molecule has 3 rings (SSSR count). The van der Waals surface area contributed by atoms with E-state index in [4.69, 9.17) is 16.6 Å². The molecule has 0 fully saturated rings. The van der Waals surface area contributed by atoms with Crippen molar-refractivity contribution in [3.05, 3.63) is 51.4 Å². The predicted octanol–water partition coefficient (Wildman–Crippen LogP) is 6.24. The molecule has 0 unspecified atom stereocenters. The van der Waals surface area contributed by atoms with Gasteiger partial charge in [0.1, 0.15) is 10.7 Å². The van der Waals surface area contributed by atoms with Crippen LogP contribution in [0.25, 0.3) is 11.0 Å². The summed E-state index contributed by atoms with van der Waals surface area (Å²) in [7, 11) is 0. The summed E-state index contributed by atoms with van der Waals surface area (Å²) in [6.07, 6.45) is 3.15. The van der Waals surface area contributed by atoms with Crippen molar-refractivity contribution in [2.75, 3.05) is 6.54 Å². The van der Waals surface area contributed by atoms with E-state index in [2.05, 4.69) is 31.4 Å². The molecule has 0 spiro atoms. The average Bonchev–Trinajstić information content (AvgIpc) is 3.25. The molecule has 0 atom stereocenters. The lowest BCUT2D eigenvalue weighted by Gasteiger charge is -2.23. The van der Waals surface area contributed by atoms with E-state index in [9.17, 15) is 4.79 Å². The highest BCUT2D eigenvalue weighted by molar-refractivity contribution is 7.12. The van der Waals surface area contributed by atoms with Crippen molar-refractivity contribution in [3.63, 3.8) is 0 Å². The zero-order chi connectivity index (χ0) is 20.1. The first-order valence-electron chi connectivity index (χ1n) is 9.97. The summed E-state index contributed by atoms with van der Waals surface area (Å²) in [5, 5.41) is 2.40. The first kappa shape index (κ1) is 20.9. The van der Waals surface area contributed by atoms with Gasteiger partial charge in [0.25, 0.3) is 5.91 Å². The van der Waals surface area contributed by atoms with Gasteiger partial charge in [0.2, 0.25) is 0 Å². The maximum atomic E-state index is 13.2. The number of thiophene rings is 1. The Hall–Kier alpha value is -1.85. The molecule has 0 saturated heterocycles. The van der Waals surface area contributed by atoms with Crippen LogP contribution in [0.3, 0.4) is 0 Å². The van der Waals surface area contributed by atoms with Gasteiger partial charge in [0, 0.05) is 13.1 Å². The molecule has 28 heavy (non-hydrogen) atoms. The summed E-state index contributed by atoms with van der Waals surface area (Å²) in [5.74, 6) is 1.46. The van der Waals surface area contributed by atoms with E-state index in [0.717, 1.165) is 42.7 Å². The van der Waals surface area contributed by atoms with Gasteiger partial charge in [-0.25, -0.2) is 4.98 Å². The lowest BCUT2D eigenvalue weighted by atomic mass is 10.1. The number of rotatable bonds is 9. The quantitative estimate of drug-likeness (QED) is 0.413. The van der Waals surface area contributed by atoms with Crippen molar-refractivity contribution < 1.29 is 4.79 Å². The van der Waals surface area contributed by atoms with Gasteiger partial charge < -0.3 is 9.47 Å². The van der Waals surface area contributed by atoms with Gasteiger partial charge in [-0.3, -0.25) is 4.79 Å². The first-order valence-corrected chi connectivity index (χ1v) is 11.2. The van der Waals surface area contributed by atoms with Gasteiger partial charge >= 0.3 is 0 Å². The van der Waals surface area contributed by atoms with Crippen LogP contribution in [0.4, 0.5) is 0 Å². The molecule has 1 aromatic carbocycles. The van der Waals surface area contributed by atoms with E-state index in [1.54, 1.807) is 6.07 Å². The third-order valence-corrected chi connectivity index (χ3v) is 6.21. The normalized spacial score (nSPS) is 11.5. The number of para-hydroxylation sites is 2. The van der Waals surface area contributed by atoms with Crippen LogP contribution in [0.15, 0.2) is 35.7 Å².